The molecule has 0 aliphatic heterocycles. The highest BCUT2D eigenvalue weighted by Gasteiger charge is 2.20. The molecular formula is C13H12BrF3N2O. The SMILES string of the molecule is Cc1nn(C)c(CC(O)c2cc(F)c(F)cc2F)c1Br. The molecule has 1 aromatic heterocycles. The van der Waals surface area contributed by atoms with Crippen molar-refractivity contribution in [1.29, 1.82) is 0 Å². The van der Waals surface area contributed by atoms with Crippen molar-refractivity contribution >= 4 is 15.9 Å². The van der Waals surface area contributed by atoms with E-state index in [1.807, 2.05) is 0 Å². The van der Waals surface area contributed by atoms with E-state index in [1.54, 1.807) is 18.7 Å². The molecule has 20 heavy (non-hydrogen) atoms. The molecule has 2 rings (SSSR count). The molecule has 7 heteroatoms. The minimum absolute atomic E-state index is 0.0277. The van der Waals surface area contributed by atoms with Crippen LogP contribution in [-0.2, 0) is 13.5 Å². The van der Waals surface area contributed by atoms with Crippen molar-refractivity contribution in [3.8, 4) is 0 Å². The topological polar surface area (TPSA) is 38.0 Å². The first-order chi connectivity index (χ1) is 9.31. The van der Waals surface area contributed by atoms with Crippen LogP contribution >= 0.6 is 15.9 Å². The highest BCUT2D eigenvalue weighted by Crippen LogP contribution is 2.28. The maximum absolute atomic E-state index is 13.6. The second-order valence-electron chi connectivity index (χ2n) is 4.48. The lowest BCUT2D eigenvalue weighted by Gasteiger charge is -2.13. The molecule has 0 radical (unpaired) electrons. The Morgan fingerprint density at radius 1 is 1.25 bits per heavy atom. The Morgan fingerprint density at radius 2 is 1.85 bits per heavy atom. The number of aliphatic hydroxyl groups is 1. The van der Waals surface area contributed by atoms with Gasteiger partial charge in [-0.15, -0.1) is 0 Å². The summed E-state index contributed by atoms with van der Waals surface area (Å²) >= 11 is 3.32. The molecule has 1 atom stereocenters. The van der Waals surface area contributed by atoms with Gasteiger partial charge in [0.15, 0.2) is 11.6 Å². The zero-order valence-electron chi connectivity index (χ0n) is 10.8. The summed E-state index contributed by atoms with van der Waals surface area (Å²) in [6.45, 7) is 1.78. The number of benzene rings is 1. The number of hydrogen-bond donors (Lipinski definition) is 1. The lowest BCUT2D eigenvalue weighted by Crippen LogP contribution is -2.09. The Balaban J connectivity index is 2.33. The highest BCUT2D eigenvalue weighted by molar-refractivity contribution is 9.10. The number of hydrogen-bond acceptors (Lipinski definition) is 2. The molecule has 2 aromatic rings. The number of halogens is 4. The van der Waals surface area contributed by atoms with Crippen LogP contribution in [0.25, 0.3) is 0 Å². The second-order valence-corrected chi connectivity index (χ2v) is 5.27. The van der Waals surface area contributed by atoms with E-state index in [-0.39, 0.29) is 12.0 Å². The van der Waals surface area contributed by atoms with Crippen molar-refractivity contribution in [2.24, 2.45) is 7.05 Å². The fraction of sp³-hybridized carbons (Fsp3) is 0.308. The molecule has 0 amide bonds. The van der Waals surface area contributed by atoms with Crippen LogP contribution in [-0.4, -0.2) is 14.9 Å². The van der Waals surface area contributed by atoms with Gasteiger partial charge in [-0.3, -0.25) is 4.68 Å². The van der Waals surface area contributed by atoms with Gasteiger partial charge in [0.25, 0.3) is 0 Å². The van der Waals surface area contributed by atoms with E-state index >= 15 is 0 Å². The summed E-state index contributed by atoms with van der Waals surface area (Å²) in [5.41, 5.74) is 1.08. The normalized spacial score (nSPS) is 12.8. The molecule has 0 spiro atoms. The van der Waals surface area contributed by atoms with Crippen molar-refractivity contribution in [1.82, 2.24) is 9.78 Å². The summed E-state index contributed by atoms with van der Waals surface area (Å²) < 4.78 is 41.8. The van der Waals surface area contributed by atoms with Crippen molar-refractivity contribution in [2.45, 2.75) is 19.4 Å². The molecular weight excluding hydrogens is 337 g/mol. The first-order valence-corrected chi connectivity index (χ1v) is 6.61. The Morgan fingerprint density at radius 3 is 2.40 bits per heavy atom. The maximum atomic E-state index is 13.6. The number of aryl methyl sites for hydroxylation is 2. The van der Waals surface area contributed by atoms with E-state index in [1.165, 1.54) is 0 Å². The Kier molecular flexibility index (Phi) is 4.19. The third-order valence-electron chi connectivity index (χ3n) is 3.05. The molecule has 1 N–H and O–H groups in total. The molecule has 3 nitrogen and oxygen atoms in total. The van der Waals surface area contributed by atoms with Gasteiger partial charge < -0.3 is 5.11 Å². The van der Waals surface area contributed by atoms with Crippen LogP contribution in [0.15, 0.2) is 16.6 Å². The first kappa shape index (κ1) is 15.1. The number of nitrogens with zero attached hydrogens (tertiary/aromatic N) is 2. The average molecular weight is 349 g/mol. The Hall–Kier alpha value is -1.34. The highest BCUT2D eigenvalue weighted by atomic mass is 79.9. The van der Waals surface area contributed by atoms with Gasteiger partial charge in [0, 0.05) is 25.1 Å². The van der Waals surface area contributed by atoms with Gasteiger partial charge in [-0.1, -0.05) is 0 Å². The standard InChI is InChI=1S/C13H12BrF3N2O/c1-6-13(14)11(19(2)18-6)5-12(20)7-3-9(16)10(17)4-8(7)15/h3-4,12,20H,5H2,1-2H3. The monoisotopic (exact) mass is 348 g/mol. The van der Waals surface area contributed by atoms with Gasteiger partial charge in [-0.25, -0.2) is 13.2 Å². The summed E-state index contributed by atoms with van der Waals surface area (Å²) in [7, 11) is 1.68. The van der Waals surface area contributed by atoms with Gasteiger partial charge >= 0.3 is 0 Å². The van der Waals surface area contributed by atoms with Crippen molar-refractivity contribution < 1.29 is 18.3 Å². The Labute approximate surface area is 122 Å². The van der Waals surface area contributed by atoms with Crippen LogP contribution in [0.4, 0.5) is 13.2 Å². The molecule has 0 saturated carbocycles. The molecule has 0 saturated heterocycles. The van der Waals surface area contributed by atoms with E-state index in [4.69, 9.17) is 0 Å². The lowest BCUT2D eigenvalue weighted by molar-refractivity contribution is 0.170. The van der Waals surface area contributed by atoms with Gasteiger partial charge in [-0.2, -0.15) is 5.10 Å². The van der Waals surface area contributed by atoms with Crippen LogP contribution in [0, 0.1) is 24.4 Å². The molecule has 0 bridgehead atoms. The van der Waals surface area contributed by atoms with Crippen molar-refractivity contribution in [2.75, 3.05) is 0 Å². The van der Waals surface area contributed by atoms with Gasteiger partial charge in [0.05, 0.1) is 22.0 Å². The van der Waals surface area contributed by atoms with E-state index < -0.39 is 23.6 Å². The zero-order valence-corrected chi connectivity index (χ0v) is 12.4. The van der Waals surface area contributed by atoms with Crippen molar-refractivity contribution in [3.63, 3.8) is 0 Å². The van der Waals surface area contributed by atoms with E-state index in [0.29, 0.717) is 22.3 Å². The van der Waals surface area contributed by atoms with Crippen LogP contribution in [0.5, 0.6) is 0 Å². The van der Waals surface area contributed by atoms with E-state index in [9.17, 15) is 18.3 Å². The largest absolute Gasteiger partial charge is 0.388 e. The van der Waals surface area contributed by atoms with Gasteiger partial charge in [0.2, 0.25) is 0 Å². The number of aromatic nitrogens is 2. The molecule has 1 heterocycles. The van der Waals surface area contributed by atoms with E-state index in [0.717, 1.165) is 5.69 Å². The molecule has 0 aliphatic rings. The quantitative estimate of drug-likeness (QED) is 0.865. The van der Waals surface area contributed by atoms with Crippen LogP contribution in [0.3, 0.4) is 0 Å². The molecule has 1 aromatic carbocycles. The molecule has 1 unspecified atom stereocenters. The molecule has 0 fully saturated rings. The number of aliphatic hydroxyl groups excluding tert-OH is 1. The predicted molar refractivity (Wildman–Crippen MR) is 70.6 cm³/mol. The average Bonchev–Trinajstić information content (AvgIpc) is 2.60. The summed E-state index contributed by atoms with van der Waals surface area (Å²) in [5, 5.41) is 14.2. The molecule has 0 aliphatic carbocycles. The van der Waals surface area contributed by atoms with Gasteiger partial charge in [0.1, 0.15) is 5.82 Å². The first-order valence-electron chi connectivity index (χ1n) is 5.81. The summed E-state index contributed by atoms with van der Waals surface area (Å²) in [5.74, 6) is -3.46. The smallest absolute Gasteiger partial charge is 0.161 e. The lowest BCUT2D eigenvalue weighted by atomic mass is 10.0. The van der Waals surface area contributed by atoms with Gasteiger partial charge in [-0.05, 0) is 28.9 Å². The zero-order chi connectivity index (χ0) is 15.0. The summed E-state index contributed by atoms with van der Waals surface area (Å²) in [6, 6.07) is 1.10. The van der Waals surface area contributed by atoms with Crippen LogP contribution < -0.4 is 0 Å². The minimum atomic E-state index is -1.30. The van der Waals surface area contributed by atoms with E-state index in [2.05, 4.69) is 21.0 Å². The summed E-state index contributed by atoms with van der Waals surface area (Å²) in [4.78, 5) is 0. The molecule has 108 valence electrons. The maximum Gasteiger partial charge on any atom is 0.161 e. The summed E-state index contributed by atoms with van der Waals surface area (Å²) in [6.07, 6.45) is -1.27. The second kappa shape index (κ2) is 5.57. The fourth-order valence-electron chi connectivity index (χ4n) is 1.99. The minimum Gasteiger partial charge on any atom is -0.388 e. The van der Waals surface area contributed by atoms with Crippen LogP contribution in [0.1, 0.15) is 23.1 Å². The predicted octanol–water partition coefficient (Wildman–Crippen LogP) is 3.18. The Bertz CT molecular complexity index is 658. The third-order valence-corrected chi connectivity index (χ3v) is 4.08. The third kappa shape index (κ3) is 2.73. The van der Waals surface area contributed by atoms with Crippen LogP contribution in [0.2, 0.25) is 0 Å². The fourth-order valence-corrected chi connectivity index (χ4v) is 2.49. The van der Waals surface area contributed by atoms with Crippen molar-refractivity contribution in [3.05, 3.63) is 51.0 Å². The number of rotatable bonds is 3.